The smallest absolute Gasteiger partial charge is 0.292 e. The standard InChI is InChI=1S/C17H21ClN4O/c1-2-8-20-9-11-21(12-10-20)15-13-19-22(17(23)16(15)18)14-6-4-3-5-7-14/h3-7,13H,2,8-12H2,1H3. The van der Waals surface area contributed by atoms with E-state index in [1.165, 1.54) is 4.68 Å². The predicted octanol–water partition coefficient (Wildman–Crippen LogP) is 2.42. The van der Waals surface area contributed by atoms with E-state index in [1.807, 2.05) is 30.3 Å². The van der Waals surface area contributed by atoms with Crippen LogP contribution < -0.4 is 10.5 Å². The average Bonchev–Trinajstić information content (AvgIpc) is 2.59. The number of hydrogen-bond acceptors (Lipinski definition) is 4. The normalized spacial score (nSPS) is 15.8. The van der Waals surface area contributed by atoms with Gasteiger partial charge in [-0.2, -0.15) is 9.78 Å². The maximum atomic E-state index is 12.5. The van der Waals surface area contributed by atoms with E-state index in [9.17, 15) is 4.79 Å². The van der Waals surface area contributed by atoms with Crippen LogP contribution in [0.25, 0.3) is 5.69 Å². The molecule has 5 nitrogen and oxygen atoms in total. The Hall–Kier alpha value is -1.85. The fourth-order valence-corrected chi connectivity index (χ4v) is 3.17. The van der Waals surface area contributed by atoms with Crippen LogP contribution in [0.1, 0.15) is 13.3 Å². The van der Waals surface area contributed by atoms with Crippen molar-refractivity contribution < 1.29 is 0 Å². The molecular formula is C17H21ClN4O. The van der Waals surface area contributed by atoms with E-state index in [1.54, 1.807) is 6.20 Å². The maximum Gasteiger partial charge on any atom is 0.292 e. The molecule has 1 aliphatic heterocycles. The Labute approximate surface area is 141 Å². The van der Waals surface area contributed by atoms with E-state index in [0.29, 0.717) is 0 Å². The first-order chi connectivity index (χ1) is 11.2. The second kappa shape index (κ2) is 7.15. The van der Waals surface area contributed by atoms with Gasteiger partial charge >= 0.3 is 0 Å². The first kappa shape index (κ1) is 16.0. The lowest BCUT2D eigenvalue weighted by Crippen LogP contribution is -2.47. The summed E-state index contributed by atoms with van der Waals surface area (Å²) in [5.41, 5.74) is 1.19. The van der Waals surface area contributed by atoms with Crippen molar-refractivity contribution in [2.45, 2.75) is 13.3 Å². The molecule has 6 heteroatoms. The molecule has 1 aromatic heterocycles. The van der Waals surface area contributed by atoms with E-state index < -0.39 is 0 Å². The monoisotopic (exact) mass is 332 g/mol. The van der Waals surface area contributed by atoms with Gasteiger partial charge in [0.25, 0.3) is 5.56 Å². The highest BCUT2D eigenvalue weighted by Crippen LogP contribution is 2.23. The van der Waals surface area contributed by atoms with Gasteiger partial charge in [0.05, 0.1) is 17.6 Å². The number of benzene rings is 1. The minimum absolute atomic E-state index is 0.243. The van der Waals surface area contributed by atoms with Gasteiger partial charge in [-0.05, 0) is 25.1 Å². The number of rotatable bonds is 4. The average molecular weight is 333 g/mol. The summed E-state index contributed by atoms with van der Waals surface area (Å²) in [5.74, 6) is 0. The number of anilines is 1. The van der Waals surface area contributed by atoms with Crippen molar-refractivity contribution in [2.24, 2.45) is 0 Å². The summed E-state index contributed by atoms with van der Waals surface area (Å²) in [5, 5.41) is 4.55. The SMILES string of the molecule is CCCN1CCN(c2cnn(-c3ccccc3)c(=O)c2Cl)CC1. The summed E-state index contributed by atoms with van der Waals surface area (Å²) < 4.78 is 1.35. The van der Waals surface area contributed by atoms with Crippen LogP contribution in [0.3, 0.4) is 0 Å². The molecule has 0 unspecified atom stereocenters. The largest absolute Gasteiger partial charge is 0.366 e. The van der Waals surface area contributed by atoms with E-state index in [0.717, 1.165) is 50.5 Å². The molecule has 3 rings (SSSR count). The molecule has 1 fully saturated rings. The molecule has 0 N–H and O–H groups in total. The second-order valence-corrected chi connectivity index (χ2v) is 6.10. The number of para-hydroxylation sites is 1. The Morgan fingerprint density at radius 3 is 2.48 bits per heavy atom. The number of nitrogens with zero attached hydrogens (tertiary/aromatic N) is 4. The van der Waals surface area contributed by atoms with Gasteiger partial charge in [0.1, 0.15) is 5.02 Å². The van der Waals surface area contributed by atoms with E-state index in [4.69, 9.17) is 11.6 Å². The highest BCUT2D eigenvalue weighted by molar-refractivity contribution is 6.33. The van der Waals surface area contributed by atoms with E-state index in [-0.39, 0.29) is 10.6 Å². The summed E-state index contributed by atoms with van der Waals surface area (Å²) in [6.07, 6.45) is 2.86. The van der Waals surface area contributed by atoms with Crippen LogP contribution in [0.2, 0.25) is 5.02 Å². The zero-order valence-electron chi connectivity index (χ0n) is 13.3. The molecule has 0 saturated carbocycles. The van der Waals surface area contributed by atoms with Crippen LogP contribution in [0.5, 0.6) is 0 Å². The summed E-state index contributed by atoms with van der Waals surface area (Å²) in [7, 11) is 0. The molecule has 1 saturated heterocycles. The number of aromatic nitrogens is 2. The van der Waals surface area contributed by atoms with Gasteiger partial charge in [0.15, 0.2) is 0 Å². The van der Waals surface area contributed by atoms with Crippen LogP contribution in [0.15, 0.2) is 41.3 Å². The van der Waals surface area contributed by atoms with Gasteiger partial charge in [-0.25, -0.2) is 0 Å². The minimum Gasteiger partial charge on any atom is -0.366 e. The lowest BCUT2D eigenvalue weighted by molar-refractivity contribution is 0.258. The van der Waals surface area contributed by atoms with Crippen molar-refractivity contribution in [3.05, 3.63) is 51.9 Å². The molecule has 0 spiro atoms. The fourth-order valence-electron chi connectivity index (χ4n) is 2.93. The summed E-state index contributed by atoms with van der Waals surface area (Å²) in [6.45, 7) is 7.04. The van der Waals surface area contributed by atoms with Crippen molar-refractivity contribution in [3.63, 3.8) is 0 Å². The summed E-state index contributed by atoms with van der Waals surface area (Å²) in [6, 6.07) is 9.33. The number of halogens is 1. The minimum atomic E-state index is -0.272. The fraction of sp³-hybridized carbons (Fsp3) is 0.412. The number of hydrogen-bond donors (Lipinski definition) is 0. The van der Waals surface area contributed by atoms with Crippen LogP contribution in [0, 0.1) is 0 Å². The molecule has 0 atom stereocenters. The van der Waals surface area contributed by atoms with Gasteiger partial charge in [0, 0.05) is 26.2 Å². The molecule has 0 aliphatic carbocycles. The van der Waals surface area contributed by atoms with Crippen LogP contribution in [0.4, 0.5) is 5.69 Å². The Kier molecular flexibility index (Phi) is 4.98. The van der Waals surface area contributed by atoms with Gasteiger partial charge in [0.2, 0.25) is 0 Å². The number of piperazine rings is 1. The zero-order valence-corrected chi connectivity index (χ0v) is 14.0. The van der Waals surface area contributed by atoms with Gasteiger partial charge in [-0.15, -0.1) is 0 Å². The third-order valence-corrected chi connectivity index (χ3v) is 4.51. The summed E-state index contributed by atoms with van der Waals surface area (Å²) >= 11 is 6.35. The Balaban J connectivity index is 1.83. The highest BCUT2D eigenvalue weighted by Gasteiger charge is 2.21. The molecule has 23 heavy (non-hydrogen) atoms. The quantitative estimate of drug-likeness (QED) is 0.862. The predicted molar refractivity (Wildman–Crippen MR) is 93.8 cm³/mol. The van der Waals surface area contributed by atoms with Crippen LogP contribution in [-0.2, 0) is 0 Å². The molecule has 122 valence electrons. The molecule has 2 aromatic rings. The Bertz CT molecular complexity index is 708. The molecular weight excluding hydrogens is 312 g/mol. The molecule has 1 aliphatic rings. The van der Waals surface area contributed by atoms with Gasteiger partial charge < -0.3 is 4.90 Å². The Morgan fingerprint density at radius 1 is 1.13 bits per heavy atom. The highest BCUT2D eigenvalue weighted by atomic mass is 35.5. The summed E-state index contributed by atoms with van der Waals surface area (Å²) in [4.78, 5) is 17.1. The van der Waals surface area contributed by atoms with Crippen molar-refractivity contribution >= 4 is 17.3 Å². The van der Waals surface area contributed by atoms with Gasteiger partial charge in [-0.3, -0.25) is 9.69 Å². The van der Waals surface area contributed by atoms with E-state index >= 15 is 0 Å². The third-order valence-electron chi connectivity index (χ3n) is 4.15. The lowest BCUT2D eigenvalue weighted by Gasteiger charge is -2.36. The van der Waals surface area contributed by atoms with Crippen molar-refractivity contribution in [2.75, 3.05) is 37.6 Å². The van der Waals surface area contributed by atoms with E-state index in [2.05, 4.69) is 21.8 Å². The van der Waals surface area contributed by atoms with Crippen LogP contribution >= 0.6 is 11.6 Å². The zero-order chi connectivity index (χ0) is 16.2. The maximum absolute atomic E-state index is 12.5. The van der Waals surface area contributed by atoms with Gasteiger partial charge in [-0.1, -0.05) is 36.7 Å². The molecule has 2 heterocycles. The third kappa shape index (κ3) is 3.41. The molecule has 1 aromatic carbocycles. The van der Waals surface area contributed by atoms with Crippen LogP contribution in [-0.4, -0.2) is 47.4 Å². The topological polar surface area (TPSA) is 41.4 Å². The second-order valence-electron chi connectivity index (χ2n) is 5.72. The molecule has 0 radical (unpaired) electrons. The molecule has 0 bridgehead atoms. The Morgan fingerprint density at radius 2 is 1.83 bits per heavy atom. The van der Waals surface area contributed by atoms with Crippen molar-refractivity contribution in [1.29, 1.82) is 0 Å². The molecule has 0 amide bonds. The first-order valence-electron chi connectivity index (χ1n) is 8.01. The first-order valence-corrected chi connectivity index (χ1v) is 8.39. The van der Waals surface area contributed by atoms with Crippen molar-refractivity contribution in [1.82, 2.24) is 14.7 Å². The lowest BCUT2D eigenvalue weighted by atomic mass is 10.2. The van der Waals surface area contributed by atoms with Crippen molar-refractivity contribution in [3.8, 4) is 5.69 Å².